The molecule has 0 bridgehead atoms. The van der Waals surface area contributed by atoms with E-state index in [2.05, 4.69) is 10.3 Å². The summed E-state index contributed by atoms with van der Waals surface area (Å²) < 4.78 is 10.5. The Balaban J connectivity index is 0.000000450. The minimum absolute atomic E-state index is 0.745. The maximum Gasteiger partial charge on any atom is 0.414 e. The molecule has 8 nitrogen and oxygen atoms in total. The lowest BCUT2D eigenvalue weighted by Gasteiger charge is -2.10. The van der Waals surface area contributed by atoms with E-state index >= 15 is 0 Å². The van der Waals surface area contributed by atoms with Gasteiger partial charge in [0.15, 0.2) is 11.5 Å². The van der Waals surface area contributed by atoms with E-state index in [4.69, 9.17) is 29.3 Å². The fraction of sp³-hybridized carbons (Fsp3) is 0.235. The van der Waals surface area contributed by atoms with Gasteiger partial charge in [-0.2, -0.15) is 0 Å². The first-order valence-electron chi connectivity index (χ1n) is 7.25. The van der Waals surface area contributed by atoms with Crippen LogP contribution >= 0.6 is 0 Å². The Kier molecular flexibility index (Phi) is 8.45. The first-order valence-corrected chi connectivity index (χ1v) is 7.25. The molecule has 25 heavy (non-hydrogen) atoms. The number of carbonyl (C=O) groups is 2. The number of aliphatic carboxylic acids is 2. The summed E-state index contributed by atoms with van der Waals surface area (Å²) in [7, 11) is 3.28. The van der Waals surface area contributed by atoms with E-state index in [9.17, 15) is 0 Å². The molecular weight excluding hydrogens is 328 g/mol. The molecule has 1 aromatic heterocycles. The van der Waals surface area contributed by atoms with E-state index in [1.54, 1.807) is 20.4 Å². The van der Waals surface area contributed by atoms with Gasteiger partial charge >= 0.3 is 11.9 Å². The largest absolute Gasteiger partial charge is 0.493 e. The molecule has 8 heteroatoms. The Morgan fingerprint density at radius 1 is 1.00 bits per heavy atom. The van der Waals surface area contributed by atoms with Gasteiger partial charge in [0.2, 0.25) is 0 Å². The van der Waals surface area contributed by atoms with Crippen LogP contribution in [0.2, 0.25) is 0 Å². The summed E-state index contributed by atoms with van der Waals surface area (Å²) in [5, 5.41) is 18.1. The Bertz CT molecular complexity index is 679. The van der Waals surface area contributed by atoms with Crippen molar-refractivity contribution in [2.24, 2.45) is 0 Å². The number of aromatic nitrogens is 1. The van der Waals surface area contributed by atoms with Gasteiger partial charge in [-0.15, -0.1) is 0 Å². The number of nitrogens with one attached hydrogen (secondary N) is 1. The van der Waals surface area contributed by atoms with Crippen LogP contribution < -0.4 is 14.8 Å². The first-order chi connectivity index (χ1) is 12.0. The molecule has 1 heterocycles. The number of methoxy groups -OCH3 is 2. The van der Waals surface area contributed by atoms with Crippen molar-refractivity contribution in [3.05, 3.63) is 53.9 Å². The Morgan fingerprint density at radius 2 is 1.68 bits per heavy atom. The fourth-order valence-corrected chi connectivity index (χ4v) is 1.83. The molecule has 0 saturated heterocycles. The van der Waals surface area contributed by atoms with E-state index in [1.807, 2.05) is 36.4 Å². The molecule has 134 valence electrons. The van der Waals surface area contributed by atoms with Crippen molar-refractivity contribution in [2.75, 3.05) is 14.2 Å². The minimum atomic E-state index is -1.82. The highest BCUT2D eigenvalue weighted by molar-refractivity contribution is 6.27. The predicted molar refractivity (Wildman–Crippen MR) is 89.6 cm³/mol. The van der Waals surface area contributed by atoms with Crippen molar-refractivity contribution < 1.29 is 29.3 Å². The summed E-state index contributed by atoms with van der Waals surface area (Å²) >= 11 is 0. The maximum absolute atomic E-state index is 9.10. The van der Waals surface area contributed by atoms with Gasteiger partial charge in [0, 0.05) is 19.3 Å². The molecule has 0 aliphatic carbocycles. The van der Waals surface area contributed by atoms with Crippen LogP contribution in [0.1, 0.15) is 11.3 Å². The molecule has 2 rings (SSSR count). The minimum Gasteiger partial charge on any atom is -0.493 e. The number of hydrogen-bond acceptors (Lipinski definition) is 6. The van der Waals surface area contributed by atoms with E-state index in [0.717, 1.165) is 35.8 Å². The SMILES string of the molecule is COc1ccc(CNCc2ccccn2)cc1OC.O=C(O)C(=O)O. The van der Waals surface area contributed by atoms with Crippen LogP contribution in [-0.4, -0.2) is 41.4 Å². The van der Waals surface area contributed by atoms with Crippen LogP contribution in [0.3, 0.4) is 0 Å². The molecule has 2 aromatic rings. The first kappa shape index (κ1) is 19.9. The van der Waals surface area contributed by atoms with Crippen molar-refractivity contribution in [3.8, 4) is 11.5 Å². The second-order valence-electron chi connectivity index (χ2n) is 4.72. The zero-order valence-electron chi connectivity index (χ0n) is 13.9. The molecular formula is C17H20N2O6. The number of rotatable bonds is 6. The molecule has 3 N–H and O–H groups in total. The normalized spacial score (nSPS) is 9.52. The summed E-state index contributed by atoms with van der Waals surface area (Å²) in [5.74, 6) is -2.15. The van der Waals surface area contributed by atoms with Crippen molar-refractivity contribution in [1.82, 2.24) is 10.3 Å². The quantitative estimate of drug-likeness (QED) is 0.673. The number of nitrogens with zero attached hydrogens (tertiary/aromatic N) is 1. The smallest absolute Gasteiger partial charge is 0.414 e. The summed E-state index contributed by atoms with van der Waals surface area (Å²) in [4.78, 5) is 22.5. The van der Waals surface area contributed by atoms with E-state index in [-0.39, 0.29) is 0 Å². The lowest BCUT2D eigenvalue weighted by atomic mass is 10.2. The molecule has 0 atom stereocenters. The van der Waals surface area contributed by atoms with Crippen molar-refractivity contribution >= 4 is 11.9 Å². The fourth-order valence-electron chi connectivity index (χ4n) is 1.83. The second-order valence-corrected chi connectivity index (χ2v) is 4.72. The van der Waals surface area contributed by atoms with Gasteiger partial charge in [-0.25, -0.2) is 9.59 Å². The Labute approximate surface area is 145 Å². The van der Waals surface area contributed by atoms with Crippen molar-refractivity contribution in [3.63, 3.8) is 0 Å². The number of carboxylic acid groups (broad SMARTS) is 2. The van der Waals surface area contributed by atoms with Crippen molar-refractivity contribution in [2.45, 2.75) is 13.1 Å². The third-order valence-corrected chi connectivity index (χ3v) is 2.99. The van der Waals surface area contributed by atoms with Crippen LogP contribution in [0, 0.1) is 0 Å². The summed E-state index contributed by atoms with van der Waals surface area (Å²) in [6, 6.07) is 11.8. The molecule has 0 radical (unpaired) electrons. The predicted octanol–water partition coefficient (Wildman–Crippen LogP) is 1.54. The number of hydrogen-bond donors (Lipinski definition) is 3. The van der Waals surface area contributed by atoms with Crippen LogP contribution in [0.5, 0.6) is 11.5 Å². The molecule has 0 fully saturated rings. The highest BCUT2D eigenvalue weighted by Gasteiger charge is 2.04. The van der Waals surface area contributed by atoms with Gasteiger partial charge in [0.25, 0.3) is 0 Å². The number of pyridine rings is 1. The van der Waals surface area contributed by atoms with Crippen LogP contribution in [0.4, 0.5) is 0 Å². The maximum atomic E-state index is 9.10. The van der Waals surface area contributed by atoms with Gasteiger partial charge in [0.1, 0.15) is 0 Å². The van der Waals surface area contributed by atoms with Gasteiger partial charge in [-0.05, 0) is 29.8 Å². The van der Waals surface area contributed by atoms with E-state index in [0.29, 0.717) is 0 Å². The number of ether oxygens (including phenoxy) is 2. The molecule has 0 saturated carbocycles. The molecule has 0 aliphatic heterocycles. The zero-order valence-corrected chi connectivity index (χ0v) is 13.9. The molecule has 0 aliphatic rings. The average Bonchev–Trinajstić information content (AvgIpc) is 2.63. The topological polar surface area (TPSA) is 118 Å². The third-order valence-electron chi connectivity index (χ3n) is 2.99. The second kappa shape index (κ2) is 10.6. The van der Waals surface area contributed by atoms with Gasteiger partial charge in [-0.1, -0.05) is 12.1 Å². The van der Waals surface area contributed by atoms with E-state index in [1.165, 1.54) is 0 Å². The van der Waals surface area contributed by atoms with Crippen molar-refractivity contribution in [1.29, 1.82) is 0 Å². The van der Waals surface area contributed by atoms with Crippen LogP contribution in [0.15, 0.2) is 42.6 Å². The van der Waals surface area contributed by atoms with Gasteiger partial charge in [0.05, 0.1) is 19.9 Å². The van der Waals surface area contributed by atoms with E-state index < -0.39 is 11.9 Å². The molecule has 1 aromatic carbocycles. The van der Waals surface area contributed by atoms with Crippen LogP contribution in [-0.2, 0) is 22.7 Å². The lowest BCUT2D eigenvalue weighted by molar-refractivity contribution is -0.159. The highest BCUT2D eigenvalue weighted by atomic mass is 16.5. The van der Waals surface area contributed by atoms with Gasteiger partial charge < -0.3 is 25.0 Å². The standard InChI is InChI=1S/C15H18N2O2.C2H2O4/c1-18-14-7-6-12(9-15(14)19-2)10-16-11-13-5-3-4-8-17-13;3-1(4)2(5)6/h3-9,16H,10-11H2,1-2H3;(H,3,4)(H,5,6). The summed E-state index contributed by atoms with van der Waals surface area (Å²) in [5.41, 5.74) is 2.18. The summed E-state index contributed by atoms with van der Waals surface area (Å²) in [6.45, 7) is 1.51. The monoisotopic (exact) mass is 348 g/mol. The third kappa shape index (κ3) is 7.32. The molecule has 0 amide bonds. The number of carboxylic acids is 2. The summed E-state index contributed by atoms with van der Waals surface area (Å²) in [6.07, 6.45) is 1.80. The zero-order chi connectivity index (χ0) is 18.7. The van der Waals surface area contributed by atoms with Gasteiger partial charge in [-0.3, -0.25) is 4.98 Å². The lowest BCUT2D eigenvalue weighted by Crippen LogP contribution is -2.13. The average molecular weight is 348 g/mol. The van der Waals surface area contributed by atoms with Crippen LogP contribution in [0.25, 0.3) is 0 Å². The highest BCUT2D eigenvalue weighted by Crippen LogP contribution is 2.27. The number of benzene rings is 1. The molecule has 0 spiro atoms. The Hall–Kier alpha value is -3.13. The molecule has 0 unspecified atom stereocenters. The Morgan fingerprint density at radius 3 is 2.20 bits per heavy atom.